The Balaban J connectivity index is 2.34. The Labute approximate surface area is 99.0 Å². The predicted octanol–water partition coefficient (Wildman–Crippen LogP) is -0.217. The first-order valence-corrected chi connectivity index (χ1v) is 5.39. The molecule has 0 spiro atoms. The van der Waals surface area contributed by atoms with E-state index >= 15 is 0 Å². The van der Waals surface area contributed by atoms with Gasteiger partial charge in [0.1, 0.15) is 5.76 Å². The molecule has 2 amide bonds. The fourth-order valence-corrected chi connectivity index (χ4v) is 1.19. The topological polar surface area (TPSA) is 91.6 Å². The van der Waals surface area contributed by atoms with Gasteiger partial charge in [-0.05, 0) is 18.6 Å². The van der Waals surface area contributed by atoms with Gasteiger partial charge in [0.05, 0.1) is 25.5 Å². The van der Waals surface area contributed by atoms with Gasteiger partial charge in [-0.15, -0.1) is 0 Å². The van der Waals surface area contributed by atoms with Crippen LogP contribution in [0.15, 0.2) is 22.8 Å². The summed E-state index contributed by atoms with van der Waals surface area (Å²) in [6, 6.07) is 3.00. The van der Waals surface area contributed by atoms with E-state index in [0.29, 0.717) is 12.2 Å². The summed E-state index contributed by atoms with van der Waals surface area (Å²) in [7, 11) is 0. The monoisotopic (exact) mass is 240 g/mol. The fraction of sp³-hybridized carbons (Fsp3) is 0.455. The average Bonchev–Trinajstić information content (AvgIpc) is 2.85. The highest BCUT2D eigenvalue weighted by atomic mass is 16.3. The van der Waals surface area contributed by atoms with E-state index in [1.54, 1.807) is 12.1 Å². The normalized spacial score (nSPS) is 11.9. The Morgan fingerprint density at radius 1 is 1.47 bits per heavy atom. The van der Waals surface area contributed by atoms with Crippen LogP contribution in [0.25, 0.3) is 0 Å². The molecule has 1 atom stereocenters. The molecule has 94 valence electrons. The van der Waals surface area contributed by atoms with Crippen molar-refractivity contribution in [2.75, 3.05) is 6.61 Å². The number of aliphatic hydroxyl groups is 1. The Morgan fingerprint density at radius 2 is 2.24 bits per heavy atom. The third-order valence-electron chi connectivity index (χ3n) is 2.26. The van der Waals surface area contributed by atoms with Gasteiger partial charge in [-0.1, -0.05) is 6.92 Å². The number of hydrogen-bond acceptors (Lipinski definition) is 4. The molecule has 1 aromatic rings. The molecule has 0 aliphatic heterocycles. The lowest BCUT2D eigenvalue weighted by Gasteiger charge is -2.13. The zero-order valence-electron chi connectivity index (χ0n) is 9.60. The predicted molar refractivity (Wildman–Crippen MR) is 59.9 cm³/mol. The minimum absolute atomic E-state index is 0.162. The molecule has 0 radical (unpaired) electrons. The van der Waals surface area contributed by atoms with E-state index in [-0.39, 0.29) is 13.2 Å². The molecule has 6 nitrogen and oxygen atoms in total. The molecule has 0 fully saturated rings. The van der Waals surface area contributed by atoms with E-state index in [1.165, 1.54) is 6.26 Å². The molecule has 17 heavy (non-hydrogen) atoms. The first kappa shape index (κ1) is 13.2. The number of carbonyl (C=O) groups excluding carboxylic acids is 2. The lowest BCUT2D eigenvalue weighted by atomic mass is 10.2. The van der Waals surface area contributed by atoms with Crippen molar-refractivity contribution in [3.8, 4) is 0 Å². The molecule has 1 unspecified atom stereocenters. The van der Waals surface area contributed by atoms with Gasteiger partial charge < -0.3 is 20.2 Å². The van der Waals surface area contributed by atoms with Crippen LogP contribution in [0, 0.1) is 0 Å². The number of nitrogens with one attached hydrogen (secondary N) is 2. The zero-order chi connectivity index (χ0) is 12.7. The van der Waals surface area contributed by atoms with Crippen LogP contribution < -0.4 is 10.6 Å². The summed E-state index contributed by atoms with van der Waals surface area (Å²) in [5.74, 6) is -0.925. The van der Waals surface area contributed by atoms with Crippen molar-refractivity contribution in [3.63, 3.8) is 0 Å². The van der Waals surface area contributed by atoms with E-state index in [1.807, 2.05) is 6.92 Å². The average molecular weight is 240 g/mol. The Hall–Kier alpha value is -1.82. The first-order chi connectivity index (χ1) is 8.17. The number of hydrogen-bond donors (Lipinski definition) is 3. The molecular formula is C11H16N2O4. The molecule has 1 heterocycles. The minimum atomic E-state index is -0.752. The molecule has 0 saturated carbocycles. The summed E-state index contributed by atoms with van der Waals surface area (Å²) in [4.78, 5) is 22.7. The number of furan rings is 1. The summed E-state index contributed by atoms with van der Waals surface area (Å²) >= 11 is 0. The highest BCUT2D eigenvalue weighted by Crippen LogP contribution is 1.98. The van der Waals surface area contributed by atoms with E-state index < -0.39 is 17.9 Å². The molecule has 1 aromatic heterocycles. The van der Waals surface area contributed by atoms with Crippen LogP contribution in [-0.2, 0) is 16.1 Å². The molecule has 0 aliphatic rings. The molecule has 0 aliphatic carbocycles. The lowest BCUT2D eigenvalue weighted by molar-refractivity contribution is -0.139. The van der Waals surface area contributed by atoms with Crippen LogP contribution >= 0.6 is 0 Å². The number of aliphatic hydroxyl groups excluding tert-OH is 1. The van der Waals surface area contributed by atoms with Gasteiger partial charge in [-0.2, -0.15) is 0 Å². The molecule has 0 saturated heterocycles. The Morgan fingerprint density at radius 3 is 2.76 bits per heavy atom. The van der Waals surface area contributed by atoms with Crippen molar-refractivity contribution >= 4 is 11.8 Å². The second-order valence-corrected chi connectivity index (χ2v) is 3.52. The highest BCUT2D eigenvalue weighted by Gasteiger charge is 2.16. The Kier molecular flexibility index (Phi) is 5.22. The van der Waals surface area contributed by atoms with Gasteiger partial charge in [0, 0.05) is 0 Å². The van der Waals surface area contributed by atoms with Crippen LogP contribution in [0.1, 0.15) is 19.1 Å². The van der Waals surface area contributed by atoms with E-state index in [0.717, 1.165) is 0 Å². The summed E-state index contributed by atoms with van der Waals surface area (Å²) in [5, 5.41) is 13.7. The van der Waals surface area contributed by atoms with Gasteiger partial charge in [0.2, 0.25) is 0 Å². The maximum atomic E-state index is 11.4. The van der Waals surface area contributed by atoms with E-state index in [4.69, 9.17) is 9.52 Å². The van der Waals surface area contributed by atoms with Crippen LogP contribution in [0.3, 0.4) is 0 Å². The fourth-order valence-electron chi connectivity index (χ4n) is 1.19. The number of amides is 2. The van der Waals surface area contributed by atoms with Gasteiger partial charge in [-0.3, -0.25) is 9.59 Å². The highest BCUT2D eigenvalue weighted by molar-refractivity contribution is 6.35. The van der Waals surface area contributed by atoms with Crippen molar-refractivity contribution in [3.05, 3.63) is 24.2 Å². The maximum Gasteiger partial charge on any atom is 0.309 e. The molecule has 1 rings (SSSR count). The molecule has 0 aromatic carbocycles. The maximum absolute atomic E-state index is 11.4. The SMILES string of the molecule is CCC(CO)NC(=O)C(=O)NCc1ccco1. The van der Waals surface area contributed by atoms with Crippen molar-refractivity contribution in [2.45, 2.75) is 25.9 Å². The smallest absolute Gasteiger partial charge is 0.309 e. The molecule has 0 bridgehead atoms. The van der Waals surface area contributed by atoms with Gasteiger partial charge >= 0.3 is 11.8 Å². The van der Waals surface area contributed by atoms with Gasteiger partial charge in [0.15, 0.2) is 0 Å². The molecule has 3 N–H and O–H groups in total. The standard InChI is InChI=1S/C11H16N2O4/c1-2-8(7-14)13-11(16)10(15)12-6-9-4-3-5-17-9/h3-5,8,14H,2,6-7H2,1H3,(H,12,15)(H,13,16). The molecule has 6 heteroatoms. The summed E-state index contributed by atoms with van der Waals surface area (Å²) < 4.78 is 5.00. The summed E-state index contributed by atoms with van der Waals surface area (Å²) in [6.45, 7) is 1.78. The van der Waals surface area contributed by atoms with Crippen molar-refractivity contribution in [2.24, 2.45) is 0 Å². The lowest BCUT2D eigenvalue weighted by Crippen LogP contribution is -2.45. The Bertz CT molecular complexity index is 358. The summed E-state index contributed by atoms with van der Waals surface area (Å²) in [5.41, 5.74) is 0. The first-order valence-electron chi connectivity index (χ1n) is 5.39. The van der Waals surface area contributed by atoms with Crippen LogP contribution in [0.4, 0.5) is 0 Å². The van der Waals surface area contributed by atoms with Crippen molar-refractivity contribution in [1.82, 2.24) is 10.6 Å². The van der Waals surface area contributed by atoms with Crippen molar-refractivity contribution in [1.29, 1.82) is 0 Å². The zero-order valence-corrected chi connectivity index (χ0v) is 9.60. The van der Waals surface area contributed by atoms with E-state index in [2.05, 4.69) is 10.6 Å². The summed E-state index contributed by atoms with van der Waals surface area (Å²) in [6.07, 6.45) is 2.05. The number of carbonyl (C=O) groups is 2. The van der Waals surface area contributed by atoms with Crippen LogP contribution in [0.5, 0.6) is 0 Å². The van der Waals surface area contributed by atoms with E-state index in [9.17, 15) is 9.59 Å². The third-order valence-corrected chi connectivity index (χ3v) is 2.26. The second kappa shape index (κ2) is 6.70. The largest absolute Gasteiger partial charge is 0.467 e. The quantitative estimate of drug-likeness (QED) is 0.621. The molecular weight excluding hydrogens is 224 g/mol. The van der Waals surface area contributed by atoms with Gasteiger partial charge in [-0.25, -0.2) is 0 Å². The minimum Gasteiger partial charge on any atom is -0.467 e. The van der Waals surface area contributed by atoms with Crippen LogP contribution in [-0.4, -0.2) is 29.6 Å². The number of rotatable bonds is 5. The third kappa shape index (κ3) is 4.28. The second-order valence-electron chi connectivity index (χ2n) is 3.52. The van der Waals surface area contributed by atoms with Crippen LogP contribution in [0.2, 0.25) is 0 Å². The van der Waals surface area contributed by atoms with Crippen molar-refractivity contribution < 1.29 is 19.1 Å². The van der Waals surface area contributed by atoms with Gasteiger partial charge in [0.25, 0.3) is 0 Å².